The minimum Gasteiger partial charge on any atom is -0.465 e. The summed E-state index contributed by atoms with van der Waals surface area (Å²) in [6.07, 6.45) is 0. The zero-order chi connectivity index (χ0) is 13.0. The number of hydrogen-bond acceptors (Lipinski definition) is 3. The Morgan fingerprint density at radius 1 is 1.53 bits per heavy atom. The zero-order valence-corrected chi connectivity index (χ0v) is 11.0. The molecule has 17 heavy (non-hydrogen) atoms. The molecule has 0 aliphatic carbocycles. The van der Waals surface area contributed by atoms with Gasteiger partial charge in [-0.15, -0.1) is 11.6 Å². The summed E-state index contributed by atoms with van der Waals surface area (Å²) in [5.74, 6) is -1.09. The van der Waals surface area contributed by atoms with Gasteiger partial charge >= 0.3 is 12.6 Å². The highest BCUT2D eigenvalue weighted by molar-refractivity contribution is 9.10. The molecule has 0 atom stereocenters. The first-order valence-electron chi connectivity index (χ1n) is 4.41. The Balaban J connectivity index is 3.33. The third-order valence-corrected chi connectivity index (χ3v) is 2.63. The largest absolute Gasteiger partial charge is 0.465 e. The van der Waals surface area contributed by atoms with E-state index >= 15 is 0 Å². The molecule has 94 valence electrons. The van der Waals surface area contributed by atoms with Crippen LogP contribution in [0.2, 0.25) is 0 Å². The summed E-state index contributed by atoms with van der Waals surface area (Å²) in [7, 11) is 1.15. The normalized spacial score (nSPS) is 10.5. The lowest BCUT2D eigenvalue weighted by atomic mass is 10.1. The number of alkyl halides is 3. The van der Waals surface area contributed by atoms with Crippen LogP contribution in [-0.4, -0.2) is 19.7 Å². The lowest BCUT2D eigenvalue weighted by Crippen LogP contribution is -2.11. The Kier molecular flexibility index (Phi) is 5.14. The maximum Gasteiger partial charge on any atom is 0.387 e. The van der Waals surface area contributed by atoms with E-state index in [4.69, 9.17) is 11.6 Å². The van der Waals surface area contributed by atoms with E-state index in [0.29, 0.717) is 4.47 Å². The molecular formula is C10H8BrClF2O3. The maximum absolute atomic E-state index is 12.3. The van der Waals surface area contributed by atoms with Gasteiger partial charge in [-0.2, -0.15) is 8.78 Å². The smallest absolute Gasteiger partial charge is 0.387 e. The SMILES string of the molecule is COC(=O)c1cc(Br)cc(CCl)c1OC(F)F. The third kappa shape index (κ3) is 3.54. The van der Waals surface area contributed by atoms with E-state index in [-0.39, 0.29) is 22.8 Å². The maximum atomic E-state index is 12.3. The molecule has 0 amide bonds. The van der Waals surface area contributed by atoms with Crippen LogP contribution in [0.15, 0.2) is 16.6 Å². The van der Waals surface area contributed by atoms with Gasteiger partial charge < -0.3 is 9.47 Å². The quantitative estimate of drug-likeness (QED) is 0.626. The van der Waals surface area contributed by atoms with Crippen LogP contribution in [0.1, 0.15) is 15.9 Å². The van der Waals surface area contributed by atoms with Crippen LogP contribution in [0.5, 0.6) is 5.75 Å². The van der Waals surface area contributed by atoms with Crippen LogP contribution >= 0.6 is 27.5 Å². The predicted molar refractivity (Wildman–Crippen MR) is 61.7 cm³/mol. The minimum absolute atomic E-state index is 0.0640. The molecule has 7 heteroatoms. The van der Waals surface area contributed by atoms with Crippen molar-refractivity contribution in [2.24, 2.45) is 0 Å². The monoisotopic (exact) mass is 328 g/mol. The number of methoxy groups -OCH3 is 1. The van der Waals surface area contributed by atoms with Crippen LogP contribution in [0.3, 0.4) is 0 Å². The number of esters is 1. The van der Waals surface area contributed by atoms with Crippen molar-refractivity contribution < 1.29 is 23.0 Å². The molecule has 0 saturated heterocycles. The highest BCUT2D eigenvalue weighted by Gasteiger charge is 2.20. The van der Waals surface area contributed by atoms with E-state index in [1.165, 1.54) is 12.1 Å². The highest BCUT2D eigenvalue weighted by Crippen LogP contribution is 2.31. The summed E-state index contributed by atoms with van der Waals surface area (Å²) in [6, 6.07) is 2.83. The molecule has 1 aromatic rings. The van der Waals surface area contributed by atoms with Gasteiger partial charge in [0.25, 0.3) is 0 Å². The molecule has 1 aromatic carbocycles. The second-order valence-corrected chi connectivity index (χ2v) is 4.13. The summed E-state index contributed by atoms with van der Waals surface area (Å²) in [6.45, 7) is -3.04. The van der Waals surface area contributed by atoms with Gasteiger partial charge in [0, 0.05) is 10.0 Å². The molecule has 0 saturated carbocycles. The van der Waals surface area contributed by atoms with E-state index in [9.17, 15) is 13.6 Å². The van der Waals surface area contributed by atoms with Gasteiger partial charge in [0.05, 0.1) is 13.0 Å². The number of ether oxygens (including phenoxy) is 2. The lowest BCUT2D eigenvalue weighted by molar-refractivity contribution is -0.0509. The highest BCUT2D eigenvalue weighted by atomic mass is 79.9. The number of halogens is 4. The summed E-state index contributed by atoms with van der Waals surface area (Å²) < 4.78 is 33.8. The van der Waals surface area contributed by atoms with E-state index in [1.54, 1.807) is 0 Å². The summed E-state index contributed by atoms with van der Waals surface area (Å²) in [5.41, 5.74) is 0.180. The number of rotatable bonds is 4. The number of carbonyl (C=O) groups excluding carboxylic acids is 1. The van der Waals surface area contributed by atoms with Gasteiger partial charge in [-0.1, -0.05) is 15.9 Å². The van der Waals surface area contributed by atoms with E-state index in [1.807, 2.05) is 0 Å². The Morgan fingerprint density at radius 3 is 2.65 bits per heavy atom. The molecule has 0 aliphatic heterocycles. The fourth-order valence-corrected chi connectivity index (χ4v) is 1.94. The van der Waals surface area contributed by atoms with Crippen molar-refractivity contribution in [1.29, 1.82) is 0 Å². The van der Waals surface area contributed by atoms with Crippen molar-refractivity contribution >= 4 is 33.5 Å². The van der Waals surface area contributed by atoms with E-state index in [0.717, 1.165) is 7.11 Å². The van der Waals surface area contributed by atoms with Crippen LogP contribution in [-0.2, 0) is 10.6 Å². The van der Waals surface area contributed by atoms with Gasteiger partial charge in [0.2, 0.25) is 0 Å². The van der Waals surface area contributed by atoms with Gasteiger partial charge in [0.1, 0.15) is 11.3 Å². The summed E-state index contributed by atoms with van der Waals surface area (Å²) in [5, 5.41) is 0. The lowest BCUT2D eigenvalue weighted by Gasteiger charge is -2.13. The fraction of sp³-hybridized carbons (Fsp3) is 0.300. The first kappa shape index (κ1) is 14.2. The number of hydrogen-bond donors (Lipinski definition) is 0. The van der Waals surface area contributed by atoms with Crippen molar-refractivity contribution in [3.63, 3.8) is 0 Å². The van der Waals surface area contributed by atoms with Crippen molar-refractivity contribution in [1.82, 2.24) is 0 Å². The van der Waals surface area contributed by atoms with Gasteiger partial charge in [-0.3, -0.25) is 0 Å². The fourth-order valence-electron chi connectivity index (χ4n) is 1.24. The number of benzene rings is 1. The van der Waals surface area contributed by atoms with Gasteiger partial charge in [-0.05, 0) is 12.1 Å². The zero-order valence-electron chi connectivity index (χ0n) is 8.68. The van der Waals surface area contributed by atoms with Crippen molar-refractivity contribution in [3.8, 4) is 5.75 Å². The van der Waals surface area contributed by atoms with Crippen LogP contribution in [0, 0.1) is 0 Å². The minimum atomic E-state index is -3.04. The second-order valence-electron chi connectivity index (χ2n) is 2.95. The van der Waals surface area contributed by atoms with Crippen LogP contribution in [0.25, 0.3) is 0 Å². The number of carbonyl (C=O) groups is 1. The summed E-state index contributed by atoms with van der Waals surface area (Å²) >= 11 is 8.75. The Morgan fingerprint density at radius 2 is 2.18 bits per heavy atom. The molecule has 0 N–H and O–H groups in total. The molecule has 0 heterocycles. The Bertz CT molecular complexity index is 426. The first-order valence-corrected chi connectivity index (χ1v) is 5.73. The first-order chi connectivity index (χ1) is 7.99. The molecule has 0 spiro atoms. The summed E-state index contributed by atoms with van der Waals surface area (Å²) in [4.78, 5) is 11.4. The third-order valence-electron chi connectivity index (χ3n) is 1.89. The molecule has 0 fully saturated rings. The molecule has 0 bridgehead atoms. The van der Waals surface area contributed by atoms with Crippen LogP contribution in [0.4, 0.5) is 8.78 Å². The van der Waals surface area contributed by atoms with Crippen molar-refractivity contribution in [2.45, 2.75) is 12.5 Å². The van der Waals surface area contributed by atoms with Crippen LogP contribution < -0.4 is 4.74 Å². The molecule has 0 radical (unpaired) electrons. The van der Waals surface area contributed by atoms with Gasteiger partial charge in [-0.25, -0.2) is 4.79 Å². The average Bonchev–Trinajstić information content (AvgIpc) is 2.29. The van der Waals surface area contributed by atoms with Crippen molar-refractivity contribution in [2.75, 3.05) is 7.11 Å². The topological polar surface area (TPSA) is 35.5 Å². The predicted octanol–water partition coefficient (Wildman–Crippen LogP) is 3.58. The Hall–Kier alpha value is -0.880. The average molecular weight is 330 g/mol. The molecule has 0 aliphatic rings. The second kappa shape index (κ2) is 6.16. The molecular weight excluding hydrogens is 321 g/mol. The van der Waals surface area contributed by atoms with E-state index in [2.05, 4.69) is 25.4 Å². The molecule has 3 nitrogen and oxygen atoms in total. The van der Waals surface area contributed by atoms with E-state index < -0.39 is 12.6 Å². The molecule has 0 aromatic heterocycles. The van der Waals surface area contributed by atoms with Gasteiger partial charge in [0.15, 0.2) is 0 Å². The molecule has 0 unspecified atom stereocenters. The Labute approximate surface area is 110 Å². The molecule has 1 rings (SSSR count). The standard InChI is InChI=1S/C10H8BrClF2O3/c1-16-9(15)7-3-6(11)2-5(4-12)8(7)17-10(13)14/h2-3,10H,4H2,1H3. The van der Waals surface area contributed by atoms with Crippen molar-refractivity contribution in [3.05, 3.63) is 27.7 Å².